The average molecular weight is 293 g/mol. The average Bonchev–Trinajstić information content (AvgIpc) is 2.90. The van der Waals surface area contributed by atoms with Crippen molar-refractivity contribution in [3.63, 3.8) is 0 Å². The number of carbonyl (C=O) groups is 1. The highest BCUT2D eigenvalue weighted by Crippen LogP contribution is 2.23. The number of nitrogens with one attached hydrogen (secondary N) is 2. The molecule has 0 saturated heterocycles. The van der Waals surface area contributed by atoms with Gasteiger partial charge in [-0.05, 0) is 36.8 Å². The first-order chi connectivity index (χ1) is 10.5. The van der Waals surface area contributed by atoms with Crippen LogP contribution in [0.5, 0.6) is 0 Å². The van der Waals surface area contributed by atoms with Gasteiger partial charge in [0.2, 0.25) is 5.91 Å². The molecule has 2 N–H and O–H groups in total. The topological polar surface area (TPSA) is 57.8 Å². The number of rotatable bonds is 3. The number of aromatic amines is 1. The second-order valence-corrected chi connectivity index (χ2v) is 5.83. The summed E-state index contributed by atoms with van der Waals surface area (Å²) in [7, 11) is 0. The number of carbonyl (C=O) groups excluding carboxylic acids is 1. The second kappa shape index (κ2) is 5.64. The molecule has 0 saturated carbocycles. The van der Waals surface area contributed by atoms with Gasteiger partial charge in [-0.3, -0.25) is 4.79 Å². The van der Waals surface area contributed by atoms with Crippen LogP contribution < -0.4 is 5.32 Å². The summed E-state index contributed by atoms with van der Waals surface area (Å²) >= 11 is 0. The van der Waals surface area contributed by atoms with Crippen molar-refractivity contribution in [1.29, 1.82) is 0 Å². The van der Waals surface area contributed by atoms with E-state index in [4.69, 9.17) is 0 Å². The molecule has 112 valence electrons. The van der Waals surface area contributed by atoms with Gasteiger partial charge in [-0.15, -0.1) is 0 Å². The summed E-state index contributed by atoms with van der Waals surface area (Å²) in [5.41, 5.74) is 4.90. The van der Waals surface area contributed by atoms with Gasteiger partial charge in [0.05, 0.1) is 11.0 Å². The fourth-order valence-electron chi connectivity index (χ4n) is 2.29. The zero-order chi connectivity index (χ0) is 15.7. The molecule has 3 rings (SSSR count). The van der Waals surface area contributed by atoms with Crippen LogP contribution in [0.1, 0.15) is 19.4 Å². The SMILES string of the molecule is Cc1ccc2nc(-c3cccc(NC(=O)C(C)C)c3)[nH]c2c1. The van der Waals surface area contributed by atoms with E-state index in [0.29, 0.717) is 0 Å². The molecule has 1 aromatic heterocycles. The summed E-state index contributed by atoms with van der Waals surface area (Å²) in [5, 5.41) is 2.91. The molecule has 1 amide bonds. The fraction of sp³-hybridized carbons (Fsp3) is 0.222. The number of amides is 1. The summed E-state index contributed by atoms with van der Waals surface area (Å²) in [6.07, 6.45) is 0. The Labute approximate surface area is 129 Å². The van der Waals surface area contributed by atoms with Crippen LogP contribution in [-0.2, 0) is 4.79 Å². The summed E-state index contributed by atoms with van der Waals surface area (Å²) in [4.78, 5) is 19.7. The maximum atomic E-state index is 11.8. The molecule has 3 aromatic rings. The van der Waals surface area contributed by atoms with Crippen molar-refractivity contribution < 1.29 is 4.79 Å². The van der Waals surface area contributed by atoms with Gasteiger partial charge < -0.3 is 10.3 Å². The molecule has 0 spiro atoms. The lowest BCUT2D eigenvalue weighted by atomic mass is 10.1. The predicted molar refractivity (Wildman–Crippen MR) is 89.7 cm³/mol. The Balaban J connectivity index is 1.94. The Bertz CT molecular complexity index is 833. The third-order valence-electron chi connectivity index (χ3n) is 3.57. The van der Waals surface area contributed by atoms with Crippen LogP contribution in [0, 0.1) is 12.8 Å². The molecule has 0 radical (unpaired) electrons. The molecule has 0 bridgehead atoms. The highest BCUT2D eigenvalue weighted by Gasteiger charge is 2.09. The summed E-state index contributed by atoms with van der Waals surface area (Å²) in [6, 6.07) is 13.9. The molecule has 1 heterocycles. The van der Waals surface area contributed by atoms with E-state index in [9.17, 15) is 4.79 Å². The van der Waals surface area contributed by atoms with Crippen molar-refractivity contribution in [2.45, 2.75) is 20.8 Å². The van der Waals surface area contributed by atoms with E-state index in [2.05, 4.69) is 28.3 Å². The van der Waals surface area contributed by atoms with E-state index in [1.54, 1.807) is 0 Å². The molecule has 0 aliphatic heterocycles. The highest BCUT2D eigenvalue weighted by atomic mass is 16.1. The van der Waals surface area contributed by atoms with Crippen molar-refractivity contribution in [2.75, 3.05) is 5.32 Å². The Hall–Kier alpha value is -2.62. The maximum Gasteiger partial charge on any atom is 0.226 e. The van der Waals surface area contributed by atoms with Crippen molar-refractivity contribution >= 4 is 22.6 Å². The van der Waals surface area contributed by atoms with Gasteiger partial charge in [-0.1, -0.05) is 32.0 Å². The van der Waals surface area contributed by atoms with Crippen LogP contribution >= 0.6 is 0 Å². The number of anilines is 1. The third kappa shape index (κ3) is 2.86. The lowest BCUT2D eigenvalue weighted by molar-refractivity contribution is -0.118. The number of hydrogen-bond donors (Lipinski definition) is 2. The van der Waals surface area contributed by atoms with E-state index in [0.717, 1.165) is 28.1 Å². The summed E-state index contributed by atoms with van der Waals surface area (Å²) in [5.74, 6) is 0.774. The summed E-state index contributed by atoms with van der Waals surface area (Å²) in [6.45, 7) is 5.81. The standard InChI is InChI=1S/C18H19N3O/c1-11(2)18(22)19-14-6-4-5-13(10-14)17-20-15-8-7-12(3)9-16(15)21-17/h4-11H,1-3H3,(H,19,22)(H,20,21). The van der Waals surface area contributed by atoms with E-state index in [1.807, 2.05) is 50.2 Å². The zero-order valence-electron chi connectivity index (χ0n) is 13.0. The molecule has 22 heavy (non-hydrogen) atoms. The monoisotopic (exact) mass is 293 g/mol. The minimum absolute atomic E-state index is 0.0115. The van der Waals surface area contributed by atoms with E-state index in [-0.39, 0.29) is 11.8 Å². The largest absolute Gasteiger partial charge is 0.338 e. The quantitative estimate of drug-likeness (QED) is 0.762. The Morgan fingerprint density at radius 3 is 2.77 bits per heavy atom. The Morgan fingerprint density at radius 2 is 2.00 bits per heavy atom. The minimum Gasteiger partial charge on any atom is -0.338 e. The van der Waals surface area contributed by atoms with Crippen LogP contribution in [0.3, 0.4) is 0 Å². The summed E-state index contributed by atoms with van der Waals surface area (Å²) < 4.78 is 0. The molecular weight excluding hydrogens is 274 g/mol. The molecule has 4 heteroatoms. The number of aryl methyl sites for hydroxylation is 1. The molecular formula is C18H19N3O. The number of H-pyrrole nitrogens is 1. The minimum atomic E-state index is -0.0437. The molecule has 0 atom stereocenters. The number of fused-ring (bicyclic) bond motifs is 1. The predicted octanol–water partition coefficient (Wildman–Crippen LogP) is 4.13. The first kappa shape index (κ1) is 14.3. The van der Waals surface area contributed by atoms with Crippen LogP contribution in [0.15, 0.2) is 42.5 Å². The van der Waals surface area contributed by atoms with Gasteiger partial charge in [0.15, 0.2) is 0 Å². The normalized spacial score (nSPS) is 11.1. The second-order valence-electron chi connectivity index (χ2n) is 5.83. The zero-order valence-corrected chi connectivity index (χ0v) is 13.0. The van der Waals surface area contributed by atoms with Crippen molar-refractivity contribution in [3.05, 3.63) is 48.0 Å². The van der Waals surface area contributed by atoms with E-state index < -0.39 is 0 Å². The van der Waals surface area contributed by atoms with Gasteiger partial charge in [-0.2, -0.15) is 0 Å². The first-order valence-corrected chi connectivity index (χ1v) is 7.40. The fourth-order valence-corrected chi connectivity index (χ4v) is 2.29. The van der Waals surface area contributed by atoms with Crippen LogP contribution in [0.4, 0.5) is 5.69 Å². The number of nitrogens with zero attached hydrogens (tertiary/aromatic N) is 1. The maximum absolute atomic E-state index is 11.8. The van der Waals surface area contributed by atoms with Crippen LogP contribution in [-0.4, -0.2) is 15.9 Å². The van der Waals surface area contributed by atoms with E-state index in [1.165, 1.54) is 5.56 Å². The van der Waals surface area contributed by atoms with Gasteiger partial charge in [0.1, 0.15) is 5.82 Å². The smallest absolute Gasteiger partial charge is 0.226 e. The number of imidazole rings is 1. The van der Waals surface area contributed by atoms with Gasteiger partial charge >= 0.3 is 0 Å². The van der Waals surface area contributed by atoms with Gasteiger partial charge in [-0.25, -0.2) is 4.98 Å². The van der Waals surface area contributed by atoms with Gasteiger partial charge in [0.25, 0.3) is 0 Å². The first-order valence-electron chi connectivity index (χ1n) is 7.40. The molecule has 4 nitrogen and oxygen atoms in total. The number of aromatic nitrogens is 2. The van der Waals surface area contributed by atoms with Crippen molar-refractivity contribution in [1.82, 2.24) is 9.97 Å². The highest BCUT2D eigenvalue weighted by molar-refractivity contribution is 5.92. The molecule has 0 aliphatic carbocycles. The molecule has 0 aliphatic rings. The van der Waals surface area contributed by atoms with E-state index >= 15 is 0 Å². The van der Waals surface area contributed by atoms with Gasteiger partial charge in [0, 0.05) is 17.2 Å². The Morgan fingerprint density at radius 1 is 1.18 bits per heavy atom. The van der Waals surface area contributed by atoms with Crippen molar-refractivity contribution in [3.8, 4) is 11.4 Å². The van der Waals surface area contributed by atoms with Crippen LogP contribution in [0.25, 0.3) is 22.4 Å². The molecule has 0 fully saturated rings. The Kier molecular flexibility index (Phi) is 3.67. The lowest BCUT2D eigenvalue weighted by Gasteiger charge is -2.08. The molecule has 2 aromatic carbocycles. The van der Waals surface area contributed by atoms with Crippen LogP contribution in [0.2, 0.25) is 0 Å². The lowest BCUT2D eigenvalue weighted by Crippen LogP contribution is -2.17. The number of hydrogen-bond acceptors (Lipinski definition) is 2. The van der Waals surface area contributed by atoms with Crippen molar-refractivity contribution in [2.24, 2.45) is 5.92 Å². The third-order valence-corrected chi connectivity index (χ3v) is 3.57. The molecule has 0 unspecified atom stereocenters. The number of benzene rings is 2.